The lowest BCUT2D eigenvalue weighted by Gasteiger charge is -2.09. The van der Waals surface area contributed by atoms with E-state index in [4.69, 9.17) is 16.3 Å². The van der Waals surface area contributed by atoms with Crippen LogP contribution in [-0.4, -0.2) is 31.5 Å². The van der Waals surface area contributed by atoms with Gasteiger partial charge >= 0.3 is 0 Å². The zero-order valence-corrected chi connectivity index (χ0v) is 17.4. The molecule has 3 aromatic carbocycles. The number of tetrazole rings is 1. The zero-order valence-electron chi connectivity index (χ0n) is 16.7. The van der Waals surface area contributed by atoms with Crippen molar-refractivity contribution in [1.29, 1.82) is 0 Å². The molecule has 9 heteroatoms. The number of rotatable bonds is 6. The van der Waals surface area contributed by atoms with Gasteiger partial charge in [-0.1, -0.05) is 54.1 Å². The zero-order chi connectivity index (χ0) is 21.9. The van der Waals surface area contributed by atoms with Crippen molar-refractivity contribution in [2.75, 3.05) is 5.32 Å². The van der Waals surface area contributed by atoms with Crippen LogP contribution in [0.2, 0.25) is 5.02 Å². The maximum Gasteiger partial charge on any atom is 0.272 e. The summed E-state index contributed by atoms with van der Waals surface area (Å²) in [5.74, 6) is 0.757. The van der Waals surface area contributed by atoms with E-state index in [0.29, 0.717) is 40.1 Å². The Balaban J connectivity index is 1.40. The van der Waals surface area contributed by atoms with E-state index >= 15 is 0 Å². The maximum absolute atomic E-state index is 13.0. The van der Waals surface area contributed by atoms with E-state index in [-0.39, 0.29) is 5.91 Å². The molecule has 8 nitrogen and oxygen atoms in total. The number of H-pyrrole nitrogens is 2. The number of aromatic amines is 2. The average molecular weight is 445 g/mol. The maximum atomic E-state index is 13.0. The topological polar surface area (TPSA) is 109 Å². The van der Waals surface area contributed by atoms with Gasteiger partial charge in [0.05, 0.1) is 11.2 Å². The molecule has 32 heavy (non-hydrogen) atoms. The molecule has 0 aliphatic carbocycles. The second kappa shape index (κ2) is 8.52. The highest BCUT2D eigenvalue weighted by Crippen LogP contribution is 2.30. The summed E-state index contributed by atoms with van der Waals surface area (Å²) in [4.78, 5) is 16.2. The quantitative estimate of drug-likeness (QED) is 0.347. The Morgan fingerprint density at radius 3 is 2.72 bits per heavy atom. The second-order valence-corrected chi connectivity index (χ2v) is 7.51. The highest BCUT2D eigenvalue weighted by Gasteiger charge is 2.16. The molecule has 2 aromatic heterocycles. The number of amides is 1. The number of hydrogen-bond donors (Lipinski definition) is 3. The highest BCUT2D eigenvalue weighted by atomic mass is 35.5. The van der Waals surface area contributed by atoms with Gasteiger partial charge in [0, 0.05) is 16.0 Å². The fourth-order valence-electron chi connectivity index (χ4n) is 3.39. The van der Waals surface area contributed by atoms with Gasteiger partial charge in [0.25, 0.3) is 5.91 Å². The molecule has 158 valence electrons. The van der Waals surface area contributed by atoms with E-state index in [1.807, 2.05) is 48.5 Å². The Kier molecular flexibility index (Phi) is 5.27. The molecule has 0 radical (unpaired) electrons. The summed E-state index contributed by atoms with van der Waals surface area (Å²) < 4.78 is 5.99. The first-order chi connectivity index (χ1) is 15.7. The van der Waals surface area contributed by atoms with Gasteiger partial charge in [0.1, 0.15) is 18.1 Å². The van der Waals surface area contributed by atoms with Crippen LogP contribution in [0.25, 0.3) is 22.3 Å². The summed E-state index contributed by atoms with van der Waals surface area (Å²) in [6, 6.07) is 22.4. The van der Waals surface area contributed by atoms with Gasteiger partial charge in [-0.2, -0.15) is 0 Å². The molecule has 0 saturated carbocycles. The molecule has 5 aromatic rings. The van der Waals surface area contributed by atoms with Crippen LogP contribution in [0.4, 0.5) is 5.69 Å². The van der Waals surface area contributed by atoms with Crippen LogP contribution in [0.1, 0.15) is 16.1 Å². The summed E-state index contributed by atoms with van der Waals surface area (Å²) >= 11 is 6.12. The third-order valence-corrected chi connectivity index (χ3v) is 5.17. The van der Waals surface area contributed by atoms with E-state index in [0.717, 1.165) is 16.5 Å². The minimum atomic E-state index is -0.314. The first-order valence-electron chi connectivity index (χ1n) is 9.81. The van der Waals surface area contributed by atoms with E-state index in [1.54, 1.807) is 24.3 Å². The molecule has 5 rings (SSSR count). The summed E-state index contributed by atoms with van der Waals surface area (Å²) in [5.41, 5.74) is 3.32. The number of anilines is 1. The van der Waals surface area contributed by atoms with Crippen LogP contribution >= 0.6 is 11.6 Å². The molecule has 0 atom stereocenters. The first kappa shape index (κ1) is 19.8. The van der Waals surface area contributed by atoms with Gasteiger partial charge in [-0.3, -0.25) is 4.79 Å². The number of nitrogens with one attached hydrogen (secondary N) is 3. The fourth-order valence-corrected chi connectivity index (χ4v) is 3.56. The third-order valence-electron chi connectivity index (χ3n) is 4.93. The summed E-state index contributed by atoms with van der Waals surface area (Å²) in [5, 5.41) is 18.0. The van der Waals surface area contributed by atoms with Gasteiger partial charge in [-0.05, 0) is 46.3 Å². The van der Waals surface area contributed by atoms with Crippen LogP contribution in [0.5, 0.6) is 5.75 Å². The molecule has 0 spiro atoms. The number of nitrogens with zero attached hydrogens (tertiary/aromatic N) is 3. The molecular weight excluding hydrogens is 428 g/mol. The van der Waals surface area contributed by atoms with Crippen molar-refractivity contribution in [1.82, 2.24) is 25.6 Å². The van der Waals surface area contributed by atoms with Crippen molar-refractivity contribution >= 4 is 34.1 Å². The Labute approximate surface area is 187 Å². The van der Waals surface area contributed by atoms with E-state index < -0.39 is 0 Å². The molecule has 0 bridgehead atoms. The molecule has 0 aliphatic rings. The van der Waals surface area contributed by atoms with Crippen LogP contribution in [-0.2, 0) is 6.61 Å². The van der Waals surface area contributed by atoms with Gasteiger partial charge in [0.2, 0.25) is 0 Å². The number of halogens is 1. The number of carbonyl (C=O) groups excluding carboxylic acids is 1. The predicted octanol–water partition coefficient (Wildman–Crippen LogP) is 4.83. The third kappa shape index (κ3) is 4.03. The normalized spacial score (nSPS) is 10.9. The molecule has 1 amide bonds. The van der Waals surface area contributed by atoms with Crippen molar-refractivity contribution in [2.45, 2.75) is 6.61 Å². The molecule has 0 saturated heterocycles. The van der Waals surface area contributed by atoms with Crippen molar-refractivity contribution < 1.29 is 9.53 Å². The molecule has 0 aliphatic heterocycles. The lowest BCUT2D eigenvalue weighted by atomic mass is 10.1. The van der Waals surface area contributed by atoms with Crippen molar-refractivity contribution in [3.8, 4) is 17.1 Å². The Hall–Kier alpha value is -4.17. The Bertz CT molecular complexity index is 1380. The Morgan fingerprint density at radius 1 is 1.03 bits per heavy atom. The number of hydrogen-bond acceptors (Lipinski definition) is 5. The van der Waals surface area contributed by atoms with E-state index in [1.165, 1.54) is 0 Å². The highest BCUT2D eigenvalue weighted by molar-refractivity contribution is 6.31. The van der Waals surface area contributed by atoms with Gasteiger partial charge in [0.15, 0.2) is 5.82 Å². The van der Waals surface area contributed by atoms with Gasteiger partial charge in [-0.25, -0.2) is 5.10 Å². The number of para-hydroxylation sites is 1. The van der Waals surface area contributed by atoms with Gasteiger partial charge in [-0.15, -0.1) is 5.10 Å². The lowest BCUT2D eigenvalue weighted by molar-refractivity contribution is 0.102. The van der Waals surface area contributed by atoms with Gasteiger partial charge < -0.3 is 15.0 Å². The molecule has 3 N–H and O–H groups in total. The average Bonchev–Trinajstić information content (AvgIpc) is 3.50. The van der Waals surface area contributed by atoms with Crippen LogP contribution in [0.3, 0.4) is 0 Å². The first-order valence-corrected chi connectivity index (χ1v) is 10.2. The smallest absolute Gasteiger partial charge is 0.272 e. The van der Waals surface area contributed by atoms with Crippen LogP contribution < -0.4 is 10.1 Å². The SMILES string of the molecule is O=C(Nc1ccc(Cl)cc1-c1nnn[nH]1)c1cc2cccc(OCc3ccccc3)c2[nH]1. The van der Waals surface area contributed by atoms with Crippen LogP contribution in [0, 0.1) is 0 Å². The molecule has 0 fully saturated rings. The van der Waals surface area contributed by atoms with Crippen molar-refractivity contribution in [3.63, 3.8) is 0 Å². The molecule has 0 unspecified atom stereocenters. The monoisotopic (exact) mass is 444 g/mol. The number of carbonyl (C=O) groups is 1. The number of ether oxygens (including phenoxy) is 1. The number of fused-ring (bicyclic) bond motifs is 1. The summed E-state index contributed by atoms with van der Waals surface area (Å²) in [6.07, 6.45) is 0. The lowest BCUT2D eigenvalue weighted by Crippen LogP contribution is -2.13. The van der Waals surface area contributed by atoms with Crippen molar-refractivity contribution in [3.05, 3.63) is 89.1 Å². The largest absolute Gasteiger partial charge is 0.487 e. The fraction of sp³-hybridized carbons (Fsp3) is 0.0435. The van der Waals surface area contributed by atoms with E-state index in [9.17, 15) is 4.79 Å². The summed E-state index contributed by atoms with van der Waals surface area (Å²) in [7, 11) is 0. The minimum absolute atomic E-state index is 0.314. The Morgan fingerprint density at radius 2 is 1.91 bits per heavy atom. The predicted molar refractivity (Wildman–Crippen MR) is 122 cm³/mol. The standard InChI is InChI=1S/C23H17ClN6O2/c24-16-9-10-18(17(12-16)22-27-29-30-28-22)26-23(31)19-11-15-7-4-8-20(21(15)25-19)32-13-14-5-2-1-3-6-14/h1-12,25H,13H2,(H,26,31)(H,27,28,29,30). The second-order valence-electron chi connectivity index (χ2n) is 7.07. The molecule has 2 heterocycles. The molecular formula is C23H17ClN6O2. The van der Waals surface area contributed by atoms with E-state index in [2.05, 4.69) is 30.9 Å². The van der Waals surface area contributed by atoms with Crippen LogP contribution in [0.15, 0.2) is 72.8 Å². The number of benzene rings is 3. The van der Waals surface area contributed by atoms with Crippen molar-refractivity contribution in [2.24, 2.45) is 0 Å². The minimum Gasteiger partial charge on any atom is -0.487 e. The summed E-state index contributed by atoms with van der Waals surface area (Å²) in [6.45, 7) is 0.430. The number of aromatic nitrogens is 5.